The van der Waals surface area contributed by atoms with Crippen LogP contribution in [0.15, 0.2) is 23.0 Å². The Morgan fingerprint density at radius 2 is 2.44 bits per heavy atom. The predicted molar refractivity (Wildman–Crippen MR) is 55.9 cm³/mol. The Labute approximate surface area is 93.7 Å². The van der Waals surface area contributed by atoms with Crippen molar-refractivity contribution in [3.63, 3.8) is 0 Å². The number of hydrogen-bond donors (Lipinski definition) is 1. The Morgan fingerprint density at radius 3 is 3.00 bits per heavy atom. The lowest BCUT2D eigenvalue weighted by molar-refractivity contribution is -0.137. The van der Waals surface area contributed by atoms with Crippen LogP contribution in [0.5, 0.6) is 0 Å². The molecule has 1 aromatic rings. The maximum Gasteiger partial charge on any atom is 0.254 e. The SMILES string of the molecule is CC1(C)OC[C@H](CNC(=O)c2ccoc2)O1. The second kappa shape index (κ2) is 4.27. The highest BCUT2D eigenvalue weighted by atomic mass is 16.7. The van der Waals surface area contributed by atoms with Crippen LogP contribution in [-0.2, 0) is 9.47 Å². The average Bonchev–Trinajstić information content (AvgIpc) is 2.83. The molecule has 0 aromatic carbocycles. The second-order valence-corrected chi connectivity index (χ2v) is 4.17. The summed E-state index contributed by atoms with van der Waals surface area (Å²) in [5, 5.41) is 2.76. The van der Waals surface area contributed by atoms with E-state index in [1.807, 2.05) is 13.8 Å². The molecule has 0 aliphatic carbocycles. The lowest BCUT2D eigenvalue weighted by atomic mass is 10.3. The van der Waals surface area contributed by atoms with Crippen molar-refractivity contribution < 1.29 is 18.7 Å². The van der Waals surface area contributed by atoms with Crippen molar-refractivity contribution in [3.8, 4) is 0 Å². The van der Waals surface area contributed by atoms with Gasteiger partial charge in [-0.25, -0.2) is 0 Å². The summed E-state index contributed by atoms with van der Waals surface area (Å²) in [5.41, 5.74) is 0.512. The van der Waals surface area contributed by atoms with Gasteiger partial charge in [-0.2, -0.15) is 0 Å². The van der Waals surface area contributed by atoms with Gasteiger partial charge >= 0.3 is 0 Å². The summed E-state index contributed by atoms with van der Waals surface area (Å²) < 4.78 is 15.8. The van der Waals surface area contributed by atoms with Crippen molar-refractivity contribution in [3.05, 3.63) is 24.2 Å². The van der Waals surface area contributed by atoms with Crippen LogP contribution in [0.3, 0.4) is 0 Å². The number of carbonyl (C=O) groups is 1. The van der Waals surface area contributed by atoms with E-state index in [9.17, 15) is 4.79 Å². The fourth-order valence-electron chi connectivity index (χ4n) is 1.57. The smallest absolute Gasteiger partial charge is 0.254 e. The molecule has 2 rings (SSSR count). The molecule has 1 amide bonds. The first-order valence-corrected chi connectivity index (χ1v) is 5.19. The second-order valence-electron chi connectivity index (χ2n) is 4.17. The molecule has 0 saturated carbocycles. The van der Waals surface area contributed by atoms with E-state index in [0.29, 0.717) is 18.7 Å². The van der Waals surface area contributed by atoms with Crippen LogP contribution < -0.4 is 5.32 Å². The molecular weight excluding hydrogens is 210 g/mol. The highest BCUT2D eigenvalue weighted by Crippen LogP contribution is 2.21. The number of carbonyl (C=O) groups excluding carboxylic acids is 1. The molecule has 1 N–H and O–H groups in total. The van der Waals surface area contributed by atoms with Crippen molar-refractivity contribution >= 4 is 5.91 Å². The van der Waals surface area contributed by atoms with Gasteiger partial charge in [0.25, 0.3) is 5.91 Å². The summed E-state index contributed by atoms with van der Waals surface area (Å²) in [6.45, 7) is 4.64. The van der Waals surface area contributed by atoms with Gasteiger partial charge in [0.1, 0.15) is 12.4 Å². The summed E-state index contributed by atoms with van der Waals surface area (Å²) in [4.78, 5) is 11.6. The number of nitrogens with one attached hydrogen (secondary N) is 1. The number of hydrogen-bond acceptors (Lipinski definition) is 4. The summed E-state index contributed by atoms with van der Waals surface area (Å²) in [7, 11) is 0. The molecule has 88 valence electrons. The molecule has 0 unspecified atom stereocenters. The van der Waals surface area contributed by atoms with Gasteiger partial charge in [-0.1, -0.05) is 0 Å². The van der Waals surface area contributed by atoms with Gasteiger partial charge in [-0.15, -0.1) is 0 Å². The fraction of sp³-hybridized carbons (Fsp3) is 0.545. The summed E-state index contributed by atoms with van der Waals surface area (Å²) in [5.74, 6) is -0.715. The molecule has 1 aliphatic heterocycles. The topological polar surface area (TPSA) is 60.7 Å². The minimum absolute atomic E-state index is 0.0918. The molecule has 5 nitrogen and oxygen atoms in total. The van der Waals surface area contributed by atoms with Crippen LogP contribution in [0, 0.1) is 0 Å². The van der Waals surface area contributed by atoms with Gasteiger partial charge in [0.2, 0.25) is 0 Å². The molecular formula is C11H15NO4. The maximum atomic E-state index is 11.6. The van der Waals surface area contributed by atoms with E-state index in [2.05, 4.69) is 5.32 Å². The minimum atomic E-state index is -0.551. The first-order valence-electron chi connectivity index (χ1n) is 5.19. The van der Waals surface area contributed by atoms with E-state index < -0.39 is 5.79 Å². The van der Waals surface area contributed by atoms with Crippen molar-refractivity contribution in [2.24, 2.45) is 0 Å². The molecule has 16 heavy (non-hydrogen) atoms. The Kier molecular flexibility index (Phi) is 2.98. The maximum absolute atomic E-state index is 11.6. The van der Waals surface area contributed by atoms with Crippen molar-refractivity contribution in [1.82, 2.24) is 5.32 Å². The van der Waals surface area contributed by atoms with Gasteiger partial charge in [0.15, 0.2) is 5.79 Å². The lowest BCUT2D eigenvalue weighted by Crippen LogP contribution is -2.34. The first kappa shape index (κ1) is 11.2. The van der Waals surface area contributed by atoms with E-state index in [0.717, 1.165) is 0 Å². The first-order chi connectivity index (χ1) is 7.57. The largest absolute Gasteiger partial charge is 0.472 e. The van der Waals surface area contributed by atoms with Crippen molar-refractivity contribution in [2.75, 3.05) is 13.2 Å². The molecule has 1 fully saturated rings. The van der Waals surface area contributed by atoms with E-state index >= 15 is 0 Å². The monoisotopic (exact) mass is 225 g/mol. The Bertz CT molecular complexity index is 358. The Balaban J connectivity index is 1.79. The third-order valence-corrected chi connectivity index (χ3v) is 2.34. The average molecular weight is 225 g/mol. The lowest BCUT2D eigenvalue weighted by Gasteiger charge is -2.17. The predicted octanol–water partition coefficient (Wildman–Crippen LogP) is 1.16. The summed E-state index contributed by atoms with van der Waals surface area (Å²) >= 11 is 0. The molecule has 1 atom stereocenters. The quantitative estimate of drug-likeness (QED) is 0.838. The van der Waals surface area contributed by atoms with E-state index in [1.165, 1.54) is 12.5 Å². The van der Waals surface area contributed by atoms with Gasteiger partial charge in [-0.3, -0.25) is 4.79 Å². The molecule has 1 saturated heterocycles. The molecule has 0 radical (unpaired) electrons. The zero-order chi connectivity index (χ0) is 11.6. The Morgan fingerprint density at radius 1 is 1.62 bits per heavy atom. The molecule has 5 heteroatoms. The van der Waals surface area contributed by atoms with Crippen LogP contribution in [0.2, 0.25) is 0 Å². The van der Waals surface area contributed by atoms with Gasteiger partial charge in [0.05, 0.1) is 18.4 Å². The summed E-state index contributed by atoms with van der Waals surface area (Å²) in [6.07, 6.45) is 2.78. The molecule has 1 aliphatic rings. The van der Waals surface area contributed by atoms with Gasteiger partial charge in [0, 0.05) is 6.54 Å². The zero-order valence-electron chi connectivity index (χ0n) is 9.36. The zero-order valence-corrected chi connectivity index (χ0v) is 9.36. The fourth-order valence-corrected chi connectivity index (χ4v) is 1.57. The number of rotatable bonds is 3. The number of ether oxygens (including phenoxy) is 2. The van der Waals surface area contributed by atoms with E-state index in [-0.39, 0.29) is 12.0 Å². The minimum Gasteiger partial charge on any atom is -0.472 e. The third-order valence-electron chi connectivity index (χ3n) is 2.34. The molecule has 2 heterocycles. The van der Waals surface area contributed by atoms with Crippen LogP contribution in [0.1, 0.15) is 24.2 Å². The van der Waals surface area contributed by atoms with Gasteiger partial charge in [-0.05, 0) is 19.9 Å². The highest BCUT2D eigenvalue weighted by Gasteiger charge is 2.32. The van der Waals surface area contributed by atoms with Crippen molar-refractivity contribution in [1.29, 1.82) is 0 Å². The van der Waals surface area contributed by atoms with E-state index in [4.69, 9.17) is 13.9 Å². The van der Waals surface area contributed by atoms with Crippen LogP contribution in [0.4, 0.5) is 0 Å². The van der Waals surface area contributed by atoms with Crippen LogP contribution in [0.25, 0.3) is 0 Å². The van der Waals surface area contributed by atoms with Crippen molar-refractivity contribution in [2.45, 2.75) is 25.7 Å². The molecule has 0 spiro atoms. The number of furan rings is 1. The summed E-state index contributed by atoms with van der Waals surface area (Å²) in [6, 6.07) is 1.62. The van der Waals surface area contributed by atoms with Gasteiger partial charge < -0.3 is 19.2 Å². The standard InChI is InChI=1S/C11H15NO4/c1-11(2)15-7-9(16-11)5-12-10(13)8-3-4-14-6-8/h3-4,6,9H,5,7H2,1-2H3,(H,12,13)/t9-/m0/s1. The van der Waals surface area contributed by atoms with Crippen LogP contribution in [-0.4, -0.2) is 30.9 Å². The molecule has 1 aromatic heterocycles. The normalized spacial score (nSPS) is 23.2. The van der Waals surface area contributed by atoms with E-state index in [1.54, 1.807) is 6.07 Å². The Hall–Kier alpha value is -1.33. The number of amides is 1. The highest BCUT2D eigenvalue weighted by molar-refractivity contribution is 5.93. The van der Waals surface area contributed by atoms with Crippen LogP contribution >= 0.6 is 0 Å². The third kappa shape index (κ3) is 2.62. The molecule has 0 bridgehead atoms.